The van der Waals surface area contributed by atoms with Crippen LogP contribution in [0, 0.1) is 12.3 Å². The zero-order chi connectivity index (χ0) is 20.2. The Balaban J connectivity index is 1.96. The van der Waals surface area contributed by atoms with Gasteiger partial charge in [-0.2, -0.15) is 0 Å². The van der Waals surface area contributed by atoms with E-state index in [1.807, 2.05) is 18.2 Å². The second-order valence-electron chi connectivity index (χ2n) is 6.34. The van der Waals surface area contributed by atoms with Crippen LogP contribution in [0.4, 0.5) is 0 Å². The lowest BCUT2D eigenvalue weighted by molar-refractivity contribution is -0.135. The third-order valence-corrected chi connectivity index (χ3v) is 7.18. The fourth-order valence-electron chi connectivity index (χ4n) is 3.44. The number of nitrogens with one attached hydrogen (secondary N) is 1. The van der Waals surface area contributed by atoms with E-state index in [2.05, 4.69) is 5.92 Å². The van der Waals surface area contributed by atoms with Gasteiger partial charge in [0.15, 0.2) is 0 Å². The van der Waals surface area contributed by atoms with Crippen LogP contribution in [-0.4, -0.2) is 42.4 Å². The van der Waals surface area contributed by atoms with Gasteiger partial charge < -0.3 is 4.74 Å². The minimum Gasteiger partial charge on any atom is -0.457 e. The lowest BCUT2D eigenvalue weighted by Crippen LogP contribution is -2.59. The van der Waals surface area contributed by atoms with Crippen molar-refractivity contribution < 1.29 is 23.2 Å². The standard InChI is InChI=1S/C20H20N2O5S/c1-2-14-22-15-6-13-20(22,19(23)21-24)28(25,26)18-11-9-17(10-12-18)27-16-7-4-3-5-8-16/h1,3-5,7-12,24H,6,13-15H2,(H,21,23)/t20-/m1/s1. The second kappa shape index (κ2) is 8.02. The van der Waals surface area contributed by atoms with Crippen LogP contribution in [0.1, 0.15) is 12.8 Å². The first-order valence-electron chi connectivity index (χ1n) is 8.66. The van der Waals surface area contributed by atoms with Gasteiger partial charge in [0.2, 0.25) is 14.7 Å². The molecule has 2 aromatic carbocycles. The van der Waals surface area contributed by atoms with Crippen LogP contribution in [-0.2, 0) is 14.6 Å². The maximum Gasteiger partial charge on any atom is 0.279 e. The minimum atomic E-state index is -4.17. The fourth-order valence-corrected chi connectivity index (χ4v) is 5.53. The predicted octanol–water partition coefficient (Wildman–Crippen LogP) is 2.18. The molecule has 28 heavy (non-hydrogen) atoms. The van der Waals surface area contributed by atoms with E-state index >= 15 is 0 Å². The molecule has 2 N–H and O–H groups in total. The van der Waals surface area contributed by atoms with Gasteiger partial charge in [-0.25, -0.2) is 13.9 Å². The number of sulfone groups is 1. The first-order valence-corrected chi connectivity index (χ1v) is 10.1. The Kier molecular flexibility index (Phi) is 5.70. The van der Waals surface area contributed by atoms with Crippen LogP contribution in [0.15, 0.2) is 59.5 Å². The van der Waals surface area contributed by atoms with E-state index in [0.717, 1.165) is 0 Å². The van der Waals surface area contributed by atoms with Gasteiger partial charge in [0.1, 0.15) is 11.5 Å². The summed E-state index contributed by atoms with van der Waals surface area (Å²) < 4.78 is 32.5. The average molecular weight is 400 g/mol. The molecule has 1 saturated heterocycles. The smallest absolute Gasteiger partial charge is 0.279 e. The quantitative estimate of drug-likeness (QED) is 0.438. The highest BCUT2D eigenvalue weighted by Crippen LogP contribution is 2.39. The summed E-state index contributed by atoms with van der Waals surface area (Å²) in [5, 5.41) is 9.20. The summed E-state index contributed by atoms with van der Waals surface area (Å²) in [5.41, 5.74) is 1.50. The summed E-state index contributed by atoms with van der Waals surface area (Å²) >= 11 is 0. The van der Waals surface area contributed by atoms with E-state index in [1.165, 1.54) is 34.6 Å². The van der Waals surface area contributed by atoms with Crippen molar-refractivity contribution in [2.24, 2.45) is 0 Å². The molecule has 0 saturated carbocycles. The van der Waals surface area contributed by atoms with Crippen LogP contribution < -0.4 is 10.2 Å². The Morgan fingerprint density at radius 1 is 1.18 bits per heavy atom. The summed E-state index contributed by atoms with van der Waals surface area (Å²) in [6.07, 6.45) is 5.84. The van der Waals surface area contributed by atoms with Gasteiger partial charge in [-0.05, 0) is 49.2 Å². The largest absolute Gasteiger partial charge is 0.457 e. The minimum absolute atomic E-state index is 0.0259. The number of ether oxygens (including phenoxy) is 1. The molecule has 0 bridgehead atoms. The van der Waals surface area contributed by atoms with E-state index in [9.17, 15) is 18.4 Å². The Morgan fingerprint density at radius 2 is 1.82 bits per heavy atom. The molecule has 1 amide bonds. The van der Waals surface area contributed by atoms with E-state index in [4.69, 9.17) is 11.2 Å². The molecule has 1 atom stereocenters. The summed E-state index contributed by atoms with van der Waals surface area (Å²) in [6.45, 7) is 0.313. The van der Waals surface area contributed by atoms with Crippen molar-refractivity contribution in [2.75, 3.05) is 13.1 Å². The molecule has 1 aliphatic rings. The predicted molar refractivity (Wildman–Crippen MR) is 102 cm³/mol. The van der Waals surface area contributed by atoms with Crippen LogP contribution in [0.2, 0.25) is 0 Å². The third-order valence-electron chi connectivity index (χ3n) is 4.75. The summed E-state index contributed by atoms with van der Waals surface area (Å²) in [5.74, 6) is 2.45. The Morgan fingerprint density at radius 3 is 2.43 bits per heavy atom. The Hall–Kier alpha value is -2.86. The number of likely N-dealkylation sites (tertiary alicyclic amines) is 1. The molecule has 8 heteroatoms. The van der Waals surface area contributed by atoms with Gasteiger partial charge in [-0.15, -0.1) is 6.42 Å². The van der Waals surface area contributed by atoms with Crippen molar-refractivity contribution in [1.29, 1.82) is 0 Å². The molecule has 0 unspecified atom stereocenters. The highest BCUT2D eigenvalue weighted by molar-refractivity contribution is 7.93. The normalized spacial score (nSPS) is 19.7. The topological polar surface area (TPSA) is 95.9 Å². The maximum atomic E-state index is 13.4. The molecule has 146 valence electrons. The maximum absolute atomic E-state index is 13.4. The molecule has 1 fully saturated rings. The van der Waals surface area contributed by atoms with Crippen molar-refractivity contribution in [1.82, 2.24) is 10.4 Å². The van der Waals surface area contributed by atoms with E-state index in [-0.39, 0.29) is 17.9 Å². The summed E-state index contributed by atoms with van der Waals surface area (Å²) in [4.78, 5) is 11.9. The van der Waals surface area contributed by atoms with E-state index in [1.54, 1.807) is 12.1 Å². The van der Waals surface area contributed by atoms with Crippen molar-refractivity contribution in [3.63, 3.8) is 0 Å². The number of hydrogen-bond donors (Lipinski definition) is 2. The van der Waals surface area contributed by atoms with Crippen molar-refractivity contribution >= 4 is 15.7 Å². The first kappa shape index (κ1) is 19.9. The van der Waals surface area contributed by atoms with Gasteiger partial charge in [-0.3, -0.25) is 14.9 Å². The van der Waals surface area contributed by atoms with Gasteiger partial charge in [-0.1, -0.05) is 24.1 Å². The monoisotopic (exact) mass is 400 g/mol. The fraction of sp³-hybridized carbons (Fsp3) is 0.250. The number of amides is 1. The lowest BCUT2D eigenvalue weighted by Gasteiger charge is -2.34. The second-order valence-corrected chi connectivity index (χ2v) is 8.50. The van der Waals surface area contributed by atoms with Crippen molar-refractivity contribution in [2.45, 2.75) is 22.6 Å². The number of nitrogens with zero attached hydrogens (tertiary/aromatic N) is 1. The summed E-state index contributed by atoms with van der Waals surface area (Å²) in [7, 11) is -4.17. The van der Waals surface area contributed by atoms with E-state index in [0.29, 0.717) is 24.5 Å². The average Bonchev–Trinajstić information content (AvgIpc) is 3.14. The molecule has 1 heterocycles. The number of rotatable bonds is 6. The molecule has 1 aliphatic heterocycles. The van der Waals surface area contributed by atoms with Crippen LogP contribution >= 0.6 is 0 Å². The van der Waals surface area contributed by atoms with E-state index < -0.39 is 20.6 Å². The van der Waals surface area contributed by atoms with Crippen molar-refractivity contribution in [3.8, 4) is 23.8 Å². The Bertz CT molecular complexity index is 984. The number of carbonyl (C=O) groups excluding carboxylic acids is 1. The zero-order valence-electron chi connectivity index (χ0n) is 15.0. The van der Waals surface area contributed by atoms with Crippen molar-refractivity contribution in [3.05, 3.63) is 54.6 Å². The summed E-state index contributed by atoms with van der Waals surface area (Å²) in [6, 6.07) is 14.9. The molecule has 0 aliphatic carbocycles. The van der Waals surface area contributed by atoms with Gasteiger partial charge >= 0.3 is 0 Å². The lowest BCUT2D eigenvalue weighted by atomic mass is 10.2. The van der Waals surface area contributed by atoms with Crippen LogP contribution in [0.3, 0.4) is 0 Å². The third kappa shape index (κ3) is 3.36. The Labute approximate surface area is 163 Å². The van der Waals surface area contributed by atoms with Gasteiger partial charge in [0, 0.05) is 6.54 Å². The van der Waals surface area contributed by atoms with Gasteiger partial charge in [0.25, 0.3) is 5.91 Å². The zero-order valence-corrected chi connectivity index (χ0v) is 15.9. The SMILES string of the molecule is C#CCN1CCC[C@]1(C(=O)NO)S(=O)(=O)c1ccc(Oc2ccccc2)cc1. The highest BCUT2D eigenvalue weighted by Gasteiger charge is 2.58. The number of carbonyl (C=O) groups is 1. The number of terminal acetylenes is 1. The first-order chi connectivity index (χ1) is 13.5. The number of hydrogen-bond acceptors (Lipinski definition) is 6. The highest BCUT2D eigenvalue weighted by atomic mass is 32.2. The molecule has 7 nitrogen and oxygen atoms in total. The number of benzene rings is 2. The van der Waals surface area contributed by atoms with Crippen LogP contribution in [0.5, 0.6) is 11.5 Å². The molecule has 0 radical (unpaired) electrons. The molecular formula is C20H20N2O5S. The molecule has 3 rings (SSSR count). The molecule has 0 spiro atoms. The van der Waals surface area contributed by atoms with Gasteiger partial charge in [0.05, 0.1) is 11.4 Å². The molecule has 2 aromatic rings. The number of hydroxylamine groups is 1. The number of para-hydroxylation sites is 1. The van der Waals surface area contributed by atoms with Crippen LogP contribution in [0.25, 0.3) is 0 Å². The molecule has 0 aromatic heterocycles. The molecular weight excluding hydrogens is 380 g/mol.